The van der Waals surface area contributed by atoms with Crippen molar-refractivity contribution >= 4 is 33.7 Å². The Morgan fingerprint density at radius 2 is 1.72 bits per heavy atom. The summed E-state index contributed by atoms with van der Waals surface area (Å²) in [6, 6.07) is 15.6. The molecule has 1 aliphatic carbocycles. The van der Waals surface area contributed by atoms with E-state index in [0.29, 0.717) is 11.3 Å². The number of hydrogen-bond acceptors (Lipinski definition) is 5. The van der Waals surface area contributed by atoms with Crippen LogP contribution >= 0.6 is 11.3 Å². The average Bonchev–Trinajstić information content (AvgIpc) is 3.20. The van der Waals surface area contributed by atoms with Gasteiger partial charge in [0.05, 0.1) is 19.4 Å². The molecule has 2 aliphatic rings. The van der Waals surface area contributed by atoms with E-state index in [1.54, 1.807) is 47.6 Å². The Kier molecular flexibility index (Phi) is 6.56. The van der Waals surface area contributed by atoms with Crippen LogP contribution in [-0.4, -0.2) is 37.6 Å². The lowest BCUT2D eigenvalue weighted by atomic mass is 9.85. The molecule has 1 aliphatic heterocycles. The van der Waals surface area contributed by atoms with Gasteiger partial charge in [-0.15, -0.1) is 11.3 Å². The van der Waals surface area contributed by atoms with E-state index >= 15 is 0 Å². The number of amides is 1. The maximum absolute atomic E-state index is 13.4. The molecule has 2 aromatic carbocycles. The number of methoxy groups -OCH3 is 1. The minimum Gasteiger partial charge on any atom is -0.497 e. The minimum absolute atomic E-state index is 0.00329. The fourth-order valence-electron chi connectivity index (χ4n) is 4.95. The van der Waals surface area contributed by atoms with Gasteiger partial charge < -0.3 is 4.74 Å². The Morgan fingerprint density at radius 1 is 1.03 bits per heavy atom. The summed E-state index contributed by atoms with van der Waals surface area (Å²) < 4.78 is 5.22. The first-order valence-electron chi connectivity index (χ1n) is 12.5. The lowest BCUT2D eigenvalue weighted by Crippen LogP contribution is -2.36. The second kappa shape index (κ2) is 9.66. The monoisotopic (exact) mass is 500 g/mol. The number of carbonyl (C=O) groups excluding carboxylic acids is 2. The van der Waals surface area contributed by atoms with Crippen molar-refractivity contribution in [2.45, 2.75) is 51.9 Å². The van der Waals surface area contributed by atoms with Crippen LogP contribution in [0.2, 0.25) is 0 Å². The molecule has 6 heteroatoms. The van der Waals surface area contributed by atoms with Crippen LogP contribution < -0.4 is 9.64 Å². The Balaban J connectivity index is 1.55. The zero-order valence-electron chi connectivity index (χ0n) is 21.4. The number of anilines is 1. The SMILES string of the molecule is COc1ccc(C(=O)CN2C(=O)CN=C(c3ccc(C(C)(C)C)cc3)c3c2sc2c3CCCC2)cc1. The highest BCUT2D eigenvalue weighted by Crippen LogP contribution is 2.43. The quantitative estimate of drug-likeness (QED) is 0.404. The minimum atomic E-state index is -0.141. The number of thiophene rings is 1. The van der Waals surface area contributed by atoms with Crippen LogP contribution in [0.5, 0.6) is 5.75 Å². The standard InChI is InChI=1S/C30H32N2O3S/c1-30(2,3)21-13-9-20(10-14-21)28-27-23-7-5-6-8-25(23)36-29(27)32(26(34)17-31-28)18-24(33)19-11-15-22(35-4)16-12-19/h9-16H,5-8,17-18H2,1-4H3. The van der Waals surface area contributed by atoms with Crippen molar-refractivity contribution in [2.75, 3.05) is 25.1 Å². The Bertz CT molecular complexity index is 1330. The van der Waals surface area contributed by atoms with Gasteiger partial charge >= 0.3 is 0 Å². The maximum atomic E-state index is 13.4. The van der Waals surface area contributed by atoms with E-state index in [1.165, 1.54) is 16.0 Å². The van der Waals surface area contributed by atoms with Crippen LogP contribution in [0.1, 0.15) is 71.1 Å². The predicted octanol–water partition coefficient (Wildman–Crippen LogP) is 6.00. The van der Waals surface area contributed by atoms with Gasteiger partial charge in [-0.25, -0.2) is 0 Å². The summed E-state index contributed by atoms with van der Waals surface area (Å²) in [5.41, 5.74) is 6.13. The van der Waals surface area contributed by atoms with E-state index in [1.807, 2.05) is 0 Å². The summed E-state index contributed by atoms with van der Waals surface area (Å²) in [5.74, 6) is 0.459. The number of ether oxygens (including phenoxy) is 1. The van der Waals surface area contributed by atoms with Crippen molar-refractivity contribution in [3.05, 3.63) is 81.2 Å². The molecule has 0 atom stereocenters. The molecule has 36 heavy (non-hydrogen) atoms. The molecule has 0 unspecified atom stereocenters. The van der Waals surface area contributed by atoms with Crippen molar-refractivity contribution in [3.8, 4) is 5.75 Å². The molecule has 0 fully saturated rings. The molecule has 0 saturated heterocycles. The van der Waals surface area contributed by atoms with Gasteiger partial charge in [0.2, 0.25) is 5.91 Å². The third kappa shape index (κ3) is 4.62. The van der Waals surface area contributed by atoms with E-state index in [4.69, 9.17) is 9.73 Å². The molecule has 0 radical (unpaired) electrons. The van der Waals surface area contributed by atoms with Gasteiger partial charge in [0.25, 0.3) is 0 Å². The lowest BCUT2D eigenvalue weighted by Gasteiger charge is -2.21. The highest BCUT2D eigenvalue weighted by atomic mass is 32.1. The number of aryl methyl sites for hydroxylation is 1. The Labute approximate surface area is 216 Å². The summed E-state index contributed by atoms with van der Waals surface area (Å²) in [6.07, 6.45) is 4.27. The Morgan fingerprint density at radius 3 is 2.39 bits per heavy atom. The number of Topliss-reactive ketones (excluding diaryl/α,β-unsaturated/α-hetero) is 1. The zero-order chi connectivity index (χ0) is 25.4. The molecule has 0 saturated carbocycles. The van der Waals surface area contributed by atoms with E-state index in [-0.39, 0.29) is 30.2 Å². The van der Waals surface area contributed by atoms with Crippen LogP contribution in [0, 0.1) is 0 Å². The average molecular weight is 501 g/mol. The van der Waals surface area contributed by atoms with Crippen LogP contribution in [0.15, 0.2) is 53.5 Å². The van der Waals surface area contributed by atoms with E-state index < -0.39 is 0 Å². The van der Waals surface area contributed by atoms with Gasteiger partial charge in [0.1, 0.15) is 17.3 Å². The van der Waals surface area contributed by atoms with Crippen molar-refractivity contribution in [1.82, 2.24) is 0 Å². The first kappa shape index (κ1) is 24.4. The highest BCUT2D eigenvalue weighted by molar-refractivity contribution is 7.17. The summed E-state index contributed by atoms with van der Waals surface area (Å²) in [4.78, 5) is 34.4. The van der Waals surface area contributed by atoms with Gasteiger partial charge in [0, 0.05) is 21.6 Å². The molecule has 0 bridgehead atoms. The third-order valence-corrected chi connectivity index (χ3v) is 8.36. The molecule has 1 amide bonds. The first-order valence-corrected chi connectivity index (χ1v) is 13.4. The maximum Gasteiger partial charge on any atom is 0.249 e. The third-order valence-electron chi connectivity index (χ3n) is 7.05. The predicted molar refractivity (Wildman–Crippen MR) is 146 cm³/mol. The van der Waals surface area contributed by atoms with Crippen molar-refractivity contribution in [2.24, 2.45) is 4.99 Å². The molecular formula is C30H32N2O3S. The largest absolute Gasteiger partial charge is 0.497 e. The first-order chi connectivity index (χ1) is 17.3. The molecule has 5 rings (SSSR count). The molecule has 5 nitrogen and oxygen atoms in total. The number of rotatable bonds is 5. The van der Waals surface area contributed by atoms with Gasteiger partial charge in [0.15, 0.2) is 5.78 Å². The van der Waals surface area contributed by atoms with E-state index in [0.717, 1.165) is 47.5 Å². The van der Waals surface area contributed by atoms with Crippen LogP contribution in [-0.2, 0) is 23.1 Å². The molecule has 186 valence electrons. The number of nitrogens with zero attached hydrogens (tertiary/aromatic N) is 2. The van der Waals surface area contributed by atoms with Crippen molar-refractivity contribution in [1.29, 1.82) is 0 Å². The number of carbonyl (C=O) groups is 2. The summed E-state index contributed by atoms with van der Waals surface area (Å²) in [5, 5.41) is 0.866. The summed E-state index contributed by atoms with van der Waals surface area (Å²) in [6.45, 7) is 6.64. The highest BCUT2D eigenvalue weighted by Gasteiger charge is 2.33. The van der Waals surface area contributed by atoms with Crippen molar-refractivity contribution in [3.63, 3.8) is 0 Å². The fraction of sp³-hybridized carbons (Fsp3) is 0.367. The topological polar surface area (TPSA) is 59.0 Å². The molecule has 1 aromatic heterocycles. The fourth-order valence-corrected chi connectivity index (χ4v) is 6.35. The van der Waals surface area contributed by atoms with Crippen molar-refractivity contribution < 1.29 is 14.3 Å². The summed E-state index contributed by atoms with van der Waals surface area (Å²) >= 11 is 1.66. The number of ketones is 1. The van der Waals surface area contributed by atoms with Crippen LogP contribution in [0.3, 0.4) is 0 Å². The van der Waals surface area contributed by atoms with Crippen LogP contribution in [0.4, 0.5) is 5.00 Å². The smallest absolute Gasteiger partial charge is 0.249 e. The van der Waals surface area contributed by atoms with Crippen LogP contribution in [0.25, 0.3) is 0 Å². The zero-order valence-corrected chi connectivity index (χ0v) is 22.2. The second-order valence-electron chi connectivity index (χ2n) is 10.5. The lowest BCUT2D eigenvalue weighted by molar-refractivity contribution is -0.117. The second-order valence-corrected chi connectivity index (χ2v) is 11.6. The Hall–Kier alpha value is -3.25. The van der Waals surface area contributed by atoms with E-state index in [9.17, 15) is 9.59 Å². The molecule has 0 spiro atoms. The normalized spacial score (nSPS) is 15.6. The summed E-state index contributed by atoms with van der Waals surface area (Å²) in [7, 11) is 1.60. The number of fused-ring (bicyclic) bond motifs is 3. The van der Waals surface area contributed by atoms with Gasteiger partial charge in [-0.05, 0) is 66.5 Å². The molecular weight excluding hydrogens is 468 g/mol. The molecule has 3 aromatic rings. The van der Waals surface area contributed by atoms with Gasteiger partial charge in [-0.3, -0.25) is 19.5 Å². The van der Waals surface area contributed by atoms with Gasteiger partial charge in [-0.1, -0.05) is 45.0 Å². The number of hydrogen-bond donors (Lipinski definition) is 0. The number of benzene rings is 2. The van der Waals surface area contributed by atoms with Gasteiger partial charge in [-0.2, -0.15) is 0 Å². The number of aliphatic imine (C=N–C) groups is 1. The molecule has 0 N–H and O–H groups in total. The molecule has 2 heterocycles. The van der Waals surface area contributed by atoms with E-state index in [2.05, 4.69) is 45.0 Å².